The second-order valence-electron chi connectivity index (χ2n) is 8.19. The van der Waals surface area contributed by atoms with Crippen LogP contribution in [0.4, 0.5) is 0 Å². The molecule has 30 heavy (non-hydrogen) atoms. The van der Waals surface area contributed by atoms with E-state index >= 15 is 0 Å². The van der Waals surface area contributed by atoms with Gasteiger partial charge in [0, 0.05) is 12.6 Å². The summed E-state index contributed by atoms with van der Waals surface area (Å²) in [5.74, 6) is -1.45. The average Bonchev–Trinajstić information content (AvgIpc) is 3.18. The number of aryl methyl sites for hydroxylation is 3. The van der Waals surface area contributed by atoms with Crippen LogP contribution in [0.25, 0.3) is 0 Å². The molecule has 0 bridgehead atoms. The minimum Gasteiger partial charge on any atom is -0.360 e. The largest absolute Gasteiger partial charge is 0.360 e. The molecule has 2 N–H and O–H groups in total. The summed E-state index contributed by atoms with van der Waals surface area (Å²) in [7, 11) is -3.82. The smallest absolute Gasteiger partial charge is 0.309 e. The number of ether oxygens (including phenoxy) is 1. The summed E-state index contributed by atoms with van der Waals surface area (Å²) in [6.07, 6.45) is 3.57. The second-order valence-corrected chi connectivity index (χ2v) is 10.0. The number of amides is 2. The molecule has 0 spiro atoms. The Hall–Kier alpha value is -1.97. The second kappa shape index (κ2) is 9.45. The first-order valence-electron chi connectivity index (χ1n) is 10.5. The molecule has 0 aromatic heterocycles. The number of hydrogen-bond donors (Lipinski definition) is 2. The Bertz CT molecular complexity index is 886. The Morgan fingerprint density at radius 3 is 2.33 bits per heavy atom. The lowest BCUT2D eigenvalue weighted by Gasteiger charge is -2.35. The number of sulfonamides is 1. The minimum atomic E-state index is -3.82. The predicted octanol–water partition coefficient (Wildman–Crippen LogP) is 1.52. The highest BCUT2D eigenvalue weighted by atomic mass is 32.2. The number of carbonyl (C=O) groups is 2. The molecule has 3 rings (SSSR count). The molecule has 0 radical (unpaired) electrons. The van der Waals surface area contributed by atoms with Gasteiger partial charge in [-0.2, -0.15) is 4.31 Å². The lowest BCUT2D eigenvalue weighted by atomic mass is 10.1. The topological polar surface area (TPSA) is 105 Å². The Labute approximate surface area is 178 Å². The van der Waals surface area contributed by atoms with Gasteiger partial charge >= 0.3 is 11.8 Å². The zero-order chi connectivity index (χ0) is 21.9. The van der Waals surface area contributed by atoms with Crippen LogP contribution in [0.3, 0.4) is 0 Å². The maximum Gasteiger partial charge on any atom is 0.309 e. The van der Waals surface area contributed by atoms with Crippen molar-refractivity contribution in [3.63, 3.8) is 0 Å². The maximum atomic E-state index is 13.4. The first-order valence-corrected chi connectivity index (χ1v) is 11.9. The molecule has 1 aliphatic carbocycles. The van der Waals surface area contributed by atoms with Crippen LogP contribution < -0.4 is 10.6 Å². The van der Waals surface area contributed by atoms with Gasteiger partial charge in [0.1, 0.15) is 6.23 Å². The van der Waals surface area contributed by atoms with Crippen molar-refractivity contribution >= 4 is 21.8 Å². The standard InChI is InChI=1S/C21H31N3O5S/c1-14-11-15(2)19(16(3)12-14)30(27,28)24-9-6-10-29-18(24)13-22-20(25)21(26)23-17-7-4-5-8-17/h11-12,17-18H,4-10,13H2,1-3H3,(H,22,25)(H,23,26)/t18-/m0/s1. The lowest BCUT2D eigenvalue weighted by molar-refractivity contribution is -0.140. The van der Waals surface area contributed by atoms with Gasteiger partial charge < -0.3 is 15.4 Å². The molecule has 0 unspecified atom stereocenters. The van der Waals surface area contributed by atoms with Gasteiger partial charge in [-0.15, -0.1) is 0 Å². The Morgan fingerprint density at radius 1 is 1.07 bits per heavy atom. The van der Waals surface area contributed by atoms with Gasteiger partial charge in [-0.3, -0.25) is 9.59 Å². The molecule has 2 aliphatic rings. The molecule has 1 atom stereocenters. The van der Waals surface area contributed by atoms with E-state index in [0.717, 1.165) is 31.2 Å². The van der Waals surface area contributed by atoms with Crippen LogP contribution in [-0.2, 0) is 24.3 Å². The van der Waals surface area contributed by atoms with E-state index < -0.39 is 28.1 Å². The predicted molar refractivity (Wildman–Crippen MR) is 112 cm³/mol. The highest BCUT2D eigenvalue weighted by Gasteiger charge is 2.36. The molecule has 2 amide bonds. The van der Waals surface area contributed by atoms with Crippen molar-refractivity contribution in [1.82, 2.24) is 14.9 Å². The summed E-state index contributed by atoms with van der Waals surface area (Å²) in [6.45, 7) is 6.09. The van der Waals surface area contributed by atoms with Crippen molar-refractivity contribution in [2.45, 2.75) is 70.0 Å². The third kappa shape index (κ3) is 5.01. The zero-order valence-electron chi connectivity index (χ0n) is 17.9. The van der Waals surface area contributed by atoms with E-state index in [4.69, 9.17) is 4.74 Å². The quantitative estimate of drug-likeness (QED) is 0.680. The number of hydrogen-bond acceptors (Lipinski definition) is 5. The lowest BCUT2D eigenvalue weighted by Crippen LogP contribution is -2.53. The van der Waals surface area contributed by atoms with Crippen molar-refractivity contribution in [2.75, 3.05) is 19.7 Å². The zero-order valence-corrected chi connectivity index (χ0v) is 18.7. The molecular weight excluding hydrogens is 406 g/mol. The number of nitrogens with zero attached hydrogens (tertiary/aromatic N) is 1. The van der Waals surface area contributed by atoms with Crippen LogP contribution in [0.5, 0.6) is 0 Å². The van der Waals surface area contributed by atoms with E-state index in [9.17, 15) is 18.0 Å². The van der Waals surface area contributed by atoms with Crippen LogP contribution in [0, 0.1) is 20.8 Å². The third-order valence-electron chi connectivity index (χ3n) is 5.66. The van der Waals surface area contributed by atoms with E-state index in [0.29, 0.717) is 30.7 Å². The van der Waals surface area contributed by atoms with Crippen molar-refractivity contribution in [3.05, 3.63) is 28.8 Å². The molecule has 1 aromatic rings. The van der Waals surface area contributed by atoms with E-state index in [-0.39, 0.29) is 17.5 Å². The molecule has 1 aromatic carbocycles. The normalized spacial score (nSPS) is 20.8. The van der Waals surface area contributed by atoms with Crippen LogP contribution in [0.15, 0.2) is 17.0 Å². The Morgan fingerprint density at radius 2 is 1.70 bits per heavy atom. The Balaban J connectivity index is 1.70. The van der Waals surface area contributed by atoms with E-state index in [1.807, 2.05) is 19.1 Å². The molecule has 166 valence electrons. The molecule has 1 saturated carbocycles. The summed E-state index contributed by atoms with van der Waals surface area (Å²) in [5.41, 5.74) is 2.35. The fourth-order valence-corrected chi connectivity index (χ4v) is 6.36. The Kier molecular flexibility index (Phi) is 7.15. The van der Waals surface area contributed by atoms with Gasteiger partial charge in [0.15, 0.2) is 0 Å². The average molecular weight is 438 g/mol. The van der Waals surface area contributed by atoms with Crippen LogP contribution in [0.2, 0.25) is 0 Å². The maximum absolute atomic E-state index is 13.4. The number of carbonyl (C=O) groups excluding carboxylic acids is 2. The summed E-state index contributed by atoms with van der Waals surface area (Å²) in [5, 5.41) is 5.27. The minimum absolute atomic E-state index is 0.0403. The third-order valence-corrected chi connectivity index (χ3v) is 7.85. The van der Waals surface area contributed by atoms with Gasteiger partial charge in [-0.25, -0.2) is 8.42 Å². The van der Waals surface area contributed by atoms with Gasteiger partial charge in [-0.05, 0) is 51.2 Å². The molecule has 8 nitrogen and oxygen atoms in total. The first-order chi connectivity index (χ1) is 14.2. The number of benzene rings is 1. The van der Waals surface area contributed by atoms with Crippen molar-refractivity contribution in [2.24, 2.45) is 0 Å². The van der Waals surface area contributed by atoms with Crippen LogP contribution in [0.1, 0.15) is 48.8 Å². The van der Waals surface area contributed by atoms with E-state index in [2.05, 4.69) is 10.6 Å². The van der Waals surface area contributed by atoms with E-state index in [1.165, 1.54) is 4.31 Å². The van der Waals surface area contributed by atoms with Gasteiger partial charge in [0.2, 0.25) is 10.0 Å². The van der Waals surface area contributed by atoms with Gasteiger partial charge in [0.05, 0.1) is 18.0 Å². The van der Waals surface area contributed by atoms with Crippen molar-refractivity contribution in [3.8, 4) is 0 Å². The molecular formula is C21H31N3O5S. The number of nitrogens with one attached hydrogen (secondary N) is 2. The highest BCUT2D eigenvalue weighted by molar-refractivity contribution is 7.89. The molecule has 2 fully saturated rings. The van der Waals surface area contributed by atoms with Crippen molar-refractivity contribution in [1.29, 1.82) is 0 Å². The van der Waals surface area contributed by atoms with Crippen molar-refractivity contribution < 1.29 is 22.7 Å². The van der Waals surface area contributed by atoms with Crippen LogP contribution >= 0.6 is 0 Å². The fraction of sp³-hybridized carbons (Fsp3) is 0.619. The molecule has 9 heteroatoms. The highest BCUT2D eigenvalue weighted by Crippen LogP contribution is 2.28. The summed E-state index contributed by atoms with van der Waals surface area (Å²) in [6, 6.07) is 3.72. The van der Waals surface area contributed by atoms with Gasteiger partial charge in [0.25, 0.3) is 0 Å². The first kappa shape index (κ1) is 22.7. The monoisotopic (exact) mass is 437 g/mol. The fourth-order valence-electron chi connectivity index (χ4n) is 4.37. The van der Waals surface area contributed by atoms with Gasteiger partial charge in [-0.1, -0.05) is 30.5 Å². The molecule has 1 heterocycles. The van der Waals surface area contributed by atoms with Crippen LogP contribution in [-0.4, -0.2) is 56.5 Å². The van der Waals surface area contributed by atoms with E-state index in [1.54, 1.807) is 13.8 Å². The summed E-state index contributed by atoms with van der Waals surface area (Å²) in [4.78, 5) is 24.6. The number of rotatable bonds is 5. The SMILES string of the molecule is Cc1cc(C)c(S(=O)(=O)N2CCCO[C@H]2CNC(=O)C(=O)NC2CCCC2)c(C)c1. The summed E-state index contributed by atoms with van der Waals surface area (Å²) >= 11 is 0. The molecule has 1 aliphatic heterocycles. The molecule has 1 saturated heterocycles. The summed E-state index contributed by atoms with van der Waals surface area (Å²) < 4.78 is 33.8.